The summed E-state index contributed by atoms with van der Waals surface area (Å²) in [6, 6.07) is 66.6. The quantitative estimate of drug-likeness (QED) is 0.174. The lowest BCUT2D eigenvalue weighted by Gasteiger charge is -2.29. The van der Waals surface area contributed by atoms with Crippen molar-refractivity contribution in [3.8, 4) is 16.8 Å². The largest absolute Gasteiger partial charge is 0.309 e. The third-order valence-corrected chi connectivity index (χ3v) is 12.7. The Morgan fingerprint density at radius 3 is 1.71 bits per heavy atom. The van der Waals surface area contributed by atoms with E-state index in [2.05, 4.69) is 191 Å². The lowest BCUT2D eigenvalue weighted by atomic mass is 9.99. The number of hydrogen-bond donors (Lipinski definition) is 0. The van der Waals surface area contributed by atoms with Gasteiger partial charge in [0.05, 0.1) is 28.1 Å². The number of hydrogen-bond acceptors (Lipinski definition) is 3. The van der Waals surface area contributed by atoms with Crippen molar-refractivity contribution in [2.24, 2.45) is 0 Å². The first-order valence-corrected chi connectivity index (χ1v) is 19.2. The number of thiophene rings is 2. The summed E-state index contributed by atoms with van der Waals surface area (Å²) in [7, 11) is 0. The minimum atomic E-state index is 1.15. The lowest BCUT2D eigenvalue weighted by molar-refractivity contribution is 1.18. The van der Waals surface area contributed by atoms with Gasteiger partial charge in [-0.25, -0.2) is 0 Å². The van der Waals surface area contributed by atoms with Crippen molar-refractivity contribution in [2.45, 2.75) is 0 Å². The third kappa shape index (κ3) is 4.35. The summed E-state index contributed by atoms with van der Waals surface area (Å²) in [4.78, 5) is 2.57. The smallest absolute Gasteiger partial charge is 0.0562 e. The predicted molar refractivity (Wildman–Crippen MR) is 227 cm³/mol. The van der Waals surface area contributed by atoms with E-state index in [1.165, 1.54) is 84.7 Å². The molecule has 0 saturated heterocycles. The highest BCUT2D eigenvalue weighted by molar-refractivity contribution is 7.26. The summed E-state index contributed by atoms with van der Waals surface area (Å²) < 4.78 is 7.60. The first kappa shape index (κ1) is 29.5. The van der Waals surface area contributed by atoms with E-state index in [1.807, 2.05) is 22.7 Å². The van der Waals surface area contributed by atoms with Crippen molar-refractivity contribution >= 4 is 102 Å². The van der Waals surface area contributed by atoms with E-state index in [1.54, 1.807) is 0 Å². The van der Waals surface area contributed by atoms with Crippen molar-refractivity contribution in [2.75, 3.05) is 4.90 Å². The molecule has 0 amide bonds. The normalized spacial score (nSPS) is 11.8. The summed E-state index contributed by atoms with van der Waals surface area (Å²) in [5, 5.41) is 7.60. The van der Waals surface area contributed by atoms with Crippen LogP contribution in [0.1, 0.15) is 0 Å². The molecule has 0 aliphatic rings. The molecule has 0 spiro atoms. The van der Waals surface area contributed by atoms with E-state index in [0.29, 0.717) is 0 Å². The number of benzene rings is 8. The third-order valence-electron chi connectivity index (χ3n) is 10.4. The van der Waals surface area contributed by atoms with Crippen LogP contribution in [0.5, 0.6) is 0 Å². The van der Waals surface area contributed by atoms with Gasteiger partial charge in [0.2, 0.25) is 0 Å². The highest BCUT2D eigenvalue weighted by atomic mass is 32.1. The van der Waals surface area contributed by atoms with Gasteiger partial charge in [-0.2, -0.15) is 0 Å². The van der Waals surface area contributed by atoms with E-state index in [0.717, 1.165) is 11.4 Å². The maximum Gasteiger partial charge on any atom is 0.0562 e. The van der Waals surface area contributed by atoms with Crippen LogP contribution in [0.4, 0.5) is 17.1 Å². The molecular weight excluding hydrogens is 669 g/mol. The van der Waals surface area contributed by atoms with Crippen LogP contribution in [0.15, 0.2) is 182 Å². The van der Waals surface area contributed by atoms with Crippen molar-refractivity contribution in [3.63, 3.8) is 0 Å². The molecule has 3 heterocycles. The Hall–Kier alpha value is -6.20. The topological polar surface area (TPSA) is 8.17 Å². The minimum Gasteiger partial charge on any atom is -0.309 e. The Morgan fingerprint density at radius 1 is 0.365 bits per heavy atom. The Morgan fingerprint density at radius 2 is 0.923 bits per heavy atom. The molecule has 0 N–H and O–H groups in total. The SMILES string of the molecule is c1ccc(-c2ccc(N(c3cccc4sc5ccccc5c34)c3cccc4c3c3ccccc3n4-c3ccccc3)c3c2sc2ccccc23)cc1. The summed E-state index contributed by atoms with van der Waals surface area (Å²) in [6.07, 6.45) is 0. The molecule has 11 rings (SSSR count). The lowest BCUT2D eigenvalue weighted by Crippen LogP contribution is -2.11. The summed E-state index contributed by atoms with van der Waals surface area (Å²) in [5.41, 5.74) is 9.55. The molecule has 4 heteroatoms. The highest BCUT2D eigenvalue weighted by Gasteiger charge is 2.26. The summed E-state index contributed by atoms with van der Waals surface area (Å²) in [5.74, 6) is 0. The molecule has 8 aromatic carbocycles. The molecule has 0 saturated carbocycles. The zero-order chi connectivity index (χ0) is 34.2. The first-order valence-electron chi connectivity index (χ1n) is 17.6. The Labute approximate surface area is 308 Å². The number of aromatic nitrogens is 1. The molecule has 2 nitrogen and oxygen atoms in total. The number of rotatable bonds is 5. The summed E-state index contributed by atoms with van der Waals surface area (Å²) >= 11 is 3.76. The van der Waals surface area contributed by atoms with E-state index >= 15 is 0 Å². The standard InChI is InChI=1S/C48H30N2S2/c1-3-15-31(16-4-1)33-29-30-41(47-36-21-9-12-27-43(36)52-48(33)47)50(40-25-14-28-44-46(40)35-20-8-11-26-42(35)51-44)39-24-13-23-38-45(39)34-19-7-10-22-37(34)49(38)32-17-5-2-6-18-32/h1-30H. The molecule has 0 unspecified atom stereocenters. The minimum absolute atomic E-state index is 1.15. The molecule has 11 aromatic rings. The monoisotopic (exact) mass is 698 g/mol. The van der Waals surface area contributed by atoms with Gasteiger partial charge in [0.25, 0.3) is 0 Å². The van der Waals surface area contributed by atoms with E-state index in [4.69, 9.17) is 0 Å². The summed E-state index contributed by atoms with van der Waals surface area (Å²) in [6.45, 7) is 0. The molecule has 0 bridgehead atoms. The fraction of sp³-hybridized carbons (Fsp3) is 0. The van der Waals surface area contributed by atoms with Gasteiger partial charge in [0.15, 0.2) is 0 Å². The second-order valence-corrected chi connectivity index (χ2v) is 15.4. The van der Waals surface area contributed by atoms with Gasteiger partial charge in [-0.1, -0.05) is 121 Å². The average Bonchev–Trinajstić information content (AvgIpc) is 3.89. The first-order chi connectivity index (χ1) is 25.8. The predicted octanol–water partition coefficient (Wildman–Crippen LogP) is 14.7. The van der Waals surface area contributed by atoms with Gasteiger partial charge in [0.1, 0.15) is 0 Å². The van der Waals surface area contributed by atoms with E-state index in [9.17, 15) is 0 Å². The van der Waals surface area contributed by atoms with Crippen molar-refractivity contribution in [1.82, 2.24) is 4.57 Å². The van der Waals surface area contributed by atoms with Crippen LogP contribution in [0, 0.1) is 0 Å². The number of anilines is 3. The van der Waals surface area contributed by atoms with Gasteiger partial charge in [-0.05, 0) is 71.8 Å². The second kappa shape index (κ2) is 11.7. The van der Waals surface area contributed by atoms with Crippen molar-refractivity contribution < 1.29 is 0 Å². The van der Waals surface area contributed by atoms with Gasteiger partial charge in [-0.15, -0.1) is 22.7 Å². The van der Waals surface area contributed by atoms with Crippen molar-refractivity contribution in [3.05, 3.63) is 182 Å². The maximum absolute atomic E-state index is 2.57. The molecular formula is C48H30N2S2. The van der Waals surface area contributed by atoms with Crippen LogP contribution in [0.25, 0.3) is 79.0 Å². The molecule has 0 aliphatic carbocycles. The fourth-order valence-electron chi connectivity index (χ4n) is 8.22. The van der Waals surface area contributed by atoms with Crippen LogP contribution < -0.4 is 4.90 Å². The molecule has 3 aromatic heterocycles. The molecule has 0 fully saturated rings. The van der Waals surface area contributed by atoms with Gasteiger partial charge in [-0.3, -0.25) is 0 Å². The van der Waals surface area contributed by atoms with Gasteiger partial charge >= 0.3 is 0 Å². The fourth-order valence-corrected chi connectivity index (χ4v) is 10.6. The highest BCUT2D eigenvalue weighted by Crippen LogP contribution is 2.52. The average molecular weight is 699 g/mol. The Balaban J connectivity index is 1.32. The molecule has 0 atom stereocenters. The number of nitrogens with zero attached hydrogens (tertiary/aromatic N) is 2. The molecule has 0 radical (unpaired) electrons. The van der Waals surface area contributed by atoms with Crippen LogP contribution >= 0.6 is 22.7 Å². The number of fused-ring (bicyclic) bond motifs is 9. The molecule has 0 aliphatic heterocycles. The van der Waals surface area contributed by atoms with Gasteiger partial charge < -0.3 is 9.47 Å². The Kier molecular flexibility index (Phi) is 6.63. The zero-order valence-corrected chi connectivity index (χ0v) is 29.7. The van der Waals surface area contributed by atoms with Crippen LogP contribution in [0.2, 0.25) is 0 Å². The second-order valence-electron chi connectivity index (χ2n) is 13.2. The van der Waals surface area contributed by atoms with Crippen LogP contribution in [-0.4, -0.2) is 4.57 Å². The van der Waals surface area contributed by atoms with Crippen molar-refractivity contribution in [1.29, 1.82) is 0 Å². The zero-order valence-electron chi connectivity index (χ0n) is 28.0. The molecule has 52 heavy (non-hydrogen) atoms. The maximum atomic E-state index is 2.57. The number of para-hydroxylation sites is 2. The van der Waals surface area contributed by atoms with Crippen LogP contribution in [-0.2, 0) is 0 Å². The Bertz CT molecular complexity index is 3120. The van der Waals surface area contributed by atoms with E-state index < -0.39 is 0 Å². The van der Waals surface area contributed by atoms with E-state index in [-0.39, 0.29) is 0 Å². The van der Waals surface area contributed by atoms with Gasteiger partial charge in [0, 0.05) is 56.8 Å². The van der Waals surface area contributed by atoms with Crippen LogP contribution in [0.3, 0.4) is 0 Å². The molecule has 244 valence electrons.